The van der Waals surface area contributed by atoms with Crippen LogP contribution in [0.3, 0.4) is 0 Å². The van der Waals surface area contributed by atoms with E-state index in [2.05, 4.69) is 15.0 Å². The Balaban J connectivity index is 2.11. The maximum atomic E-state index is 13.6. The van der Waals surface area contributed by atoms with Crippen LogP contribution in [0.15, 0.2) is 48.7 Å². The maximum Gasteiger partial charge on any atom is 0.573 e. The van der Waals surface area contributed by atoms with E-state index in [4.69, 9.17) is 15.2 Å². The van der Waals surface area contributed by atoms with E-state index in [1.807, 2.05) is 0 Å². The van der Waals surface area contributed by atoms with Gasteiger partial charge in [0.05, 0.1) is 18.2 Å². The number of halogens is 6. The lowest BCUT2D eigenvalue weighted by Gasteiger charge is -2.18. The molecule has 0 aliphatic heterocycles. The molecule has 198 valence electrons. The fourth-order valence-electron chi connectivity index (χ4n) is 3.13. The van der Waals surface area contributed by atoms with Gasteiger partial charge in [-0.15, -0.1) is 13.2 Å². The second-order valence-corrected chi connectivity index (χ2v) is 7.18. The number of anilines is 1. The zero-order chi connectivity index (χ0) is 28.3. The summed E-state index contributed by atoms with van der Waals surface area (Å²) in [5.41, 5.74) is 1.35. The summed E-state index contributed by atoms with van der Waals surface area (Å²) >= 11 is 0. The van der Waals surface area contributed by atoms with E-state index in [-0.39, 0.29) is 22.9 Å². The molecule has 2 amide bonds. The Hall–Kier alpha value is -5.00. The SMILES string of the molecule is COc1cc(OC(F)(F)F)ccc1Oc1ccc(C(F)(F)F)c(C#N)c1C(=O)Nc1ccnc(C(N)=O)c1. The molecule has 0 bridgehead atoms. The number of carbonyl (C=O) groups excluding carboxylic acids is 2. The highest BCUT2D eigenvalue weighted by molar-refractivity contribution is 6.08. The van der Waals surface area contributed by atoms with Crippen LogP contribution in [0, 0.1) is 11.3 Å². The van der Waals surface area contributed by atoms with E-state index in [1.165, 1.54) is 12.1 Å². The number of carbonyl (C=O) groups is 2. The number of methoxy groups -OCH3 is 1. The molecule has 0 aliphatic rings. The van der Waals surface area contributed by atoms with Crippen molar-refractivity contribution < 1.29 is 50.1 Å². The van der Waals surface area contributed by atoms with E-state index < -0.39 is 52.5 Å². The molecule has 0 spiro atoms. The Kier molecular flexibility index (Phi) is 7.66. The Morgan fingerprint density at radius 2 is 1.68 bits per heavy atom. The molecule has 0 unspecified atom stereocenters. The number of alkyl halides is 6. The zero-order valence-corrected chi connectivity index (χ0v) is 18.9. The largest absolute Gasteiger partial charge is 0.573 e. The van der Waals surface area contributed by atoms with Gasteiger partial charge in [-0.05, 0) is 36.4 Å². The molecule has 15 heteroatoms. The first kappa shape index (κ1) is 27.6. The fraction of sp³-hybridized carbons (Fsp3) is 0.130. The number of nitriles is 1. The van der Waals surface area contributed by atoms with Crippen LogP contribution in [0.2, 0.25) is 0 Å². The summed E-state index contributed by atoms with van der Waals surface area (Å²) in [4.78, 5) is 28.1. The second-order valence-electron chi connectivity index (χ2n) is 7.18. The van der Waals surface area contributed by atoms with Crippen LogP contribution in [0.5, 0.6) is 23.0 Å². The molecule has 38 heavy (non-hydrogen) atoms. The third kappa shape index (κ3) is 6.40. The van der Waals surface area contributed by atoms with Crippen LogP contribution in [-0.4, -0.2) is 30.3 Å². The minimum atomic E-state index is -5.04. The average molecular weight is 540 g/mol. The van der Waals surface area contributed by atoms with Gasteiger partial charge < -0.3 is 25.3 Å². The molecule has 1 heterocycles. The third-order valence-electron chi connectivity index (χ3n) is 4.67. The van der Waals surface area contributed by atoms with Gasteiger partial charge >= 0.3 is 12.5 Å². The van der Waals surface area contributed by atoms with Gasteiger partial charge in [0.1, 0.15) is 28.8 Å². The summed E-state index contributed by atoms with van der Waals surface area (Å²) in [6.07, 6.45) is -8.96. The van der Waals surface area contributed by atoms with Gasteiger partial charge in [-0.1, -0.05) is 0 Å². The molecule has 9 nitrogen and oxygen atoms in total. The highest BCUT2D eigenvalue weighted by Gasteiger charge is 2.37. The smallest absolute Gasteiger partial charge is 0.493 e. The molecule has 0 radical (unpaired) electrons. The molecule has 3 N–H and O–H groups in total. The van der Waals surface area contributed by atoms with Crippen molar-refractivity contribution in [1.82, 2.24) is 4.98 Å². The highest BCUT2D eigenvalue weighted by atomic mass is 19.4. The van der Waals surface area contributed by atoms with Crippen molar-refractivity contribution in [3.8, 4) is 29.1 Å². The first-order valence-corrected chi connectivity index (χ1v) is 10.1. The van der Waals surface area contributed by atoms with Gasteiger partial charge in [-0.25, -0.2) is 0 Å². The Bertz CT molecular complexity index is 1430. The molecule has 2 aromatic carbocycles. The second kappa shape index (κ2) is 10.5. The molecule has 0 saturated carbocycles. The summed E-state index contributed by atoms with van der Waals surface area (Å²) in [5, 5.41) is 11.8. The van der Waals surface area contributed by atoms with Gasteiger partial charge in [0.15, 0.2) is 11.5 Å². The van der Waals surface area contributed by atoms with Gasteiger partial charge in [0, 0.05) is 18.0 Å². The number of primary amides is 1. The Labute approximate surface area is 209 Å². The number of pyridine rings is 1. The fourth-order valence-corrected chi connectivity index (χ4v) is 3.13. The normalized spacial score (nSPS) is 11.3. The van der Waals surface area contributed by atoms with E-state index in [0.717, 1.165) is 43.6 Å². The minimum absolute atomic E-state index is 0.0997. The third-order valence-corrected chi connectivity index (χ3v) is 4.67. The standard InChI is InChI=1S/C23H14F6N4O5/c1-36-18-9-12(38-23(27,28)29)2-4-16(18)37-17-5-3-14(22(24,25)26)13(10-30)19(17)21(35)33-11-6-7-32-15(8-11)20(31)34/h2-9H,1H3,(H2,31,34)(H,32,33,35). The molecule has 0 aliphatic carbocycles. The number of nitrogens with zero attached hydrogens (tertiary/aromatic N) is 2. The number of benzene rings is 2. The van der Waals surface area contributed by atoms with Crippen molar-refractivity contribution in [2.45, 2.75) is 12.5 Å². The molecular formula is C23H14F6N4O5. The summed E-state index contributed by atoms with van der Waals surface area (Å²) in [5.74, 6) is -4.12. The van der Waals surface area contributed by atoms with Gasteiger partial charge in [-0.3, -0.25) is 14.6 Å². The molecule has 1 aromatic heterocycles. The number of aromatic nitrogens is 1. The molecule has 0 atom stereocenters. The van der Waals surface area contributed by atoms with Crippen molar-refractivity contribution in [2.75, 3.05) is 12.4 Å². The van der Waals surface area contributed by atoms with Crippen LogP contribution >= 0.6 is 0 Å². The maximum absolute atomic E-state index is 13.6. The number of ether oxygens (including phenoxy) is 3. The predicted octanol–water partition coefficient (Wildman–Crippen LogP) is 5.02. The van der Waals surface area contributed by atoms with Gasteiger partial charge in [0.2, 0.25) is 0 Å². The summed E-state index contributed by atoms with van der Waals surface area (Å²) in [6.45, 7) is 0. The number of rotatable bonds is 7. The first-order chi connectivity index (χ1) is 17.7. The van der Waals surface area contributed by atoms with Crippen LogP contribution in [0.1, 0.15) is 32.0 Å². The lowest BCUT2D eigenvalue weighted by atomic mass is 9.99. The van der Waals surface area contributed by atoms with Crippen molar-refractivity contribution in [3.63, 3.8) is 0 Å². The van der Waals surface area contributed by atoms with Crippen LogP contribution in [-0.2, 0) is 6.18 Å². The lowest BCUT2D eigenvalue weighted by Crippen LogP contribution is -2.19. The summed E-state index contributed by atoms with van der Waals surface area (Å²) in [7, 11) is 1.07. The molecule has 0 saturated heterocycles. The van der Waals surface area contributed by atoms with Gasteiger partial charge in [0.25, 0.3) is 11.8 Å². The van der Waals surface area contributed by atoms with Crippen molar-refractivity contribution >= 4 is 17.5 Å². The molecule has 3 rings (SSSR count). The molecule has 0 fully saturated rings. The number of hydrogen-bond acceptors (Lipinski definition) is 7. The quantitative estimate of drug-likeness (QED) is 0.402. The van der Waals surface area contributed by atoms with E-state index >= 15 is 0 Å². The van der Waals surface area contributed by atoms with Crippen LogP contribution in [0.4, 0.5) is 32.0 Å². The topological polar surface area (TPSA) is 137 Å². The summed E-state index contributed by atoms with van der Waals surface area (Å²) < 4.78 is 92.7. The van der Waals surface area contributed by atoms with Crippen LogP contribution in [0.25, 0.3) is 0 Å². The summed E-state index contributed by atoms with van der Waals surface area (Å²) in [6, 6.07) is 7.40. The van der Waals surface area contributed by atoms with E-state index in [9.17, 15) is 41.2 Å². The monoisotopic (exact) mass is 540 g/mol. The highest BCUT2D eigenvalue weighted by Crippen LogP contribution is 2.41. The van der Waals surface area contributed by atoms with Crippen molar-refractivity contribution in [2.24, 2.45) is 5.73 Å². The lowest BCUT2D eigenvalue weighted by molar-refractivity contribution is -0.274. The van der Waals surface area contributed by atoms with Crippen molar-refractivity contribution in [3.05, 3.63) is 71.0 Å². The van der Waals surface area contributed by atoms with Gasteiger partial charge in [-0.2, -0.15) is 18.4 Å². The first-order valence-electron chi connectivity index (χ1n) is 10.1. The minimum Gasteiger partial charge on any atom is -0.493 e. The number of nitrogens with one attached hydrogen (secondary N) is 1. The Morgan fingerprint density at radius 3 is 2.26 bits per heavy atom. The Morgan fingerprint density at radius 1 is 1.00 bits per heavy atom. The number of nitrogens with two attached hydrogens (primary N) is 1. The number of hydrogen-bond donors (Lipinski definition) is 2. The predicted molar refractivity (Wildman–Crippen MR) is 117 cm³/mol. The van der Waals surface area contributed by atoms with E-state index in [1.54, 1.807) is 0 Å². The average Bonchev–Trinajstić information content (AvgIpc) is 2.82. The van der Waals surface area contributed by atoms with Crippen LogP contribution < -0.4 is 25.3 Å². The number of amides is 2. The zero-order valence-electron chi connectivity index (χ0n) is 18.9. The van der Waals surface area contributed by atoms with Crippen molar-refractivity contribution in [1.29, 1.82) is 5.26 Å². The molecule has 3 aromatic rings. The van der Waals surface area contributed by atoms with E-state index in [0.29, 0.717) is 6.07 Å². The molecular weight excluding hydrogens is 526 g/mol.